The zero-order valence-corrected chi connectivity index (χ0v) is 16.7. The molecule has 0 aliphatic carbocycles. The number of rotatable bonds is 5. The summed E-state index contributed by atoms with van der Waals surface area (Å²) in [6.07, 6.45) is 3.62. The van der Waals surface area contributed by atoms with Crippen molar-refractivity contribution in [3.8, 4) is 40.0 Å². The Bertz CT molecular complexity index is 1350. The summed E-state index contributed by atoms with van der Waals surface area (Å²) in [5.74, 6) is 2.86. The number of hydrogen-bond acceptors (Lipinski definition) is 6. The van der Waals surface area contributed by atoms with Crippen LogP contribution in [0.1, 0.15) is 0 Å². The molecule has 0 saturated heterocycles. The summed E-state index contributed by atoms with van der Waals surface area (Å²) in [5, 5.41) is 5.82. The van der Waals surface area contributed by atoms with Gasteiger partial charge in [-0.3, -0.25) is 0 Å². The molecule has 5 rings (SSSR count). The molecule has 1 N–H and O–H groups in total. The summed E-state index contributed by atoms with van der Waals surface area (Å²) in [5.41, 5.74) is 3.45. The van der Waals surface area contributed by atoms with Crippen LogP contribution in [0.3, 0.4) is 0 Å². The first-order valence-corrected chi connectivity index (χ1v) is 9.32. The molecule has 0 radical (unpaired) electrons. The van der Waals surface area contributed by atoms with Crippen molar-refractivity contribution in [2.45, 2.75) is 0 Å². The summed E-state index contributed by atoms with van der Waals surface area (Å²) in [7, 11) is 4.74. The lowest BCUT2D eigenvalue weighted by molar-refractivity contribution is 0.324. The van der Waals surface area contributed by atoms with Gasteiger partial charge < -0.3 is 19.2 Å². The first-order valence-electron chi connectivity index (χ1n) is 9.32. The Morgan fingerprint density at radius 3 is 2.47 bits per heavy atom. The first kappa shape index (κ1) is 18.0. The zero-order valence-electron chi connectivity index (χ0n) is 16.7. The molecule has 0 bridgehead atoms. The third-order valence-electron chi connectivity index (χ3n) is 5.01. The molecule has 0 saturated carbocycles. The van der Waals surface area contributed by atoms with Crippen LogP contribution in [0.2, 0.25) is 0 Å². The van der Waals surface area contributed by atoms with E-state index in [0.717, 1.165) is 22.0 Å². The molecule has 30 heavy (non-hydrogen) atoms. The third-order valence-corrected chi connectivity index (χ3v) is 5.01. The van der Waals surface area contributed by atoms with Crippen LogP contribution < -0.4 is 14.2 Å². The predicted octanol–water partition coefficient (Wildman–Crippen LogP) is 3.97. The lowest BCUT2D eigenvalue weighted by Crippen LogP contribution is -2.00. The Morgan fingerprint density at radius 2 is 1.73 bits per heavy atom. The van der Waals surface area contributed by atoms with Crippen LogP contribution in [0.5, 0.6) is 17.2 Å². The third kappa shape index (κ3) is 2.73. The van der Waals surface area contributed by atoms with E-state index in [4.69, 9.17) is 24.3 Å². The minimum absolute atomic E-state index is 0.523. The largest absolute Gasteiger partial charge is 0.493 e. The topological polar surface area (TPSA) is 86.6 Å². The van der Waals surface area contributed by atoms with E-state index in [1.165, 1.54) is 0 Å². The van der Waals surface area contributed by atoms with Crippen LogP contribution in [-0.4, -0.2) is 45.9 Å². The van der Waals surface area contributed by atoms with Gasteiger partial charge in [0.15, 0.2) is 28.8 Å². The highest BCUT2D eigenvalue weighted by molar-refractivity contribution is 5.93. The maximum atomic E-state index is 5.49. The van der Waals surface area contributed by atoms with Crippen molar-refractivity contribution in [1.82, 2.24) is 24.6 Å². The molecule has 0 atom stereocenters. The van der Waals surface area contributed by atoms with E-state index < -0.39 is 0 Å². The molecule has 2 aromatic carbocycles. The van der Waals surface area contributed by atoms with Crippen LogP contribution in [0.25, 0.3) is 39.3 Å². The number of methoxy groups -OCH3 is 3. The van der Waals surface area contributed by atoms with Crippen LogP contribution in [0, 0.1) is 0 Å². The van der Waals surface area contributed by atoms with E-state index in [2.05, 4.69) is 9.97 Å². The molecule has 0 amide bonds. The quantitative estimate of drug-likeness (QED) is 0.480. The van der Waals surface area contributed by atoms with Gasteiger partial charge in [0.25, 0.3) is 0 Å². The summed E-state index contributed by atoms with van der Waals surface area (Å²) >= 11 is 0. The molecule has 3 aromatic heterocycles. The van der Waals surface area contributed by atoms with Crippen LogP contribution in [0.4, 0.5) is 0 Å². The molecule has 5 aromatic rings. The Kier molecular flexibility index (Phi) is 4.24. The molecule has 8 heteroatoms. The van der Waals surface area contributed by atoms with Crippen LogP contribution >= 0.6 is 0 Å². The molecule has 0 aliphatic heterocycles. The molecular weight excluding hydrogens is 382 g/mol. The lowest BCUT2D eigenvalue weighted by Gasteiger charge is -2.14. The van der Waals surface area contributed by atoms with Gasteiger partial charge in [-0.1, -0.05) is 12.1 Å². The monoisotopic (exact) mass is 401 g/mol. The van der Waals surface area contributed by atoms with Crippen molar-refractivity contribution in [1.29, 1.82) is 0 Å². The van der Waals surface area contributed by atoms with Crippen molar-refractivity contribution >= 4 is 16.6 Å². The van der Waals surface area contributed by atoms with Gasteiger partial charge in [-0.2, -0.15) is 4.52 Å². The summed E-state index contributed by atoms with van der Waals surface area (Å²) in [6.45, 7) is 0. The Morgan fingerprint density at radius 1 is 0.933 bits per heavy atom. The zero-order chi connectivity index (χ0) is 20.7. The van der Waals surface area contributed by atoms with E-state index in [1.807, 2.05) is 48.7 Å². The van der Waals surface area contributed by atoms with Crippen molar-refractivity contribution in [2.75, 3.05) is 21.3 Å². The van der Waals surface area contributed by atoms with E-state index in [9.17, 15) is 0 Å². The minimum atomic E-state index is 0.523. The summed E-state index contributed by atoms with van der Waals surface area (Å²) in [4.78, 5) is 12.5. The van der Waals surface area contributed by atoms with Gasteiger partial charge in [0, 0.05) is 40.5 Å². The standard InChI is InChI=1S/C22H19N5O3/c1-28-17-11-13(12-18(29-2)20(17)30-3)22-24-10-8-19-25-21(26-27(19)22)15-5-4-6-16-14(15)7-9-23-16/h4-12,23H,1-3H3. The summed E-state index contributed by atoms with van der Waals surface area (Å²) < 4.78 is 18.1. The fourth-order valence-corrected chi connectivity index (χ4v) is 3.62. The number of fused-ring (bicyclic) bond motifs is 2. The molecule has 8 nitrogen and oxygen atoms in total. The average Bonchev–Trinajstić information content (AvgIpc) is 3.44. The van der Waals surface area contributed by atoms with Gasteiger partial charge in [-0.05, 0) is 24.3 Å². The maximum absolute atomic E-state index is 5.49. The minimum Gasteiger partial charge on any atom is -0.493 e. The van der Waals surface area contributed by atoms with Gasteiger partial charge in [0.2, 0.25) is 5.75 Å². The highest BCUT2D eigenvalue weighted by Gasteiger charge is 2.18. The number of benzene rings is 2. The number of ether oxygens (including phenoxy) is 3. The lowest BCUT2D eigenvalue weighted by atomic mass is 10.1. The van der Waals surface area contributed by atoms with Crippen LogP contribution in [-0.2, 0) is 0 Å². The second-order valence-corrected chi connectivity index (χ2v) is 6.63. The van der Waals surface area contributed by atoms with E-state index in [1.54, 1.807) is 32.0 Å². The Labute approximate surface area is 172 Å². The van der Waals surface area contributed by atoms with Gasteiger partial charge in [0.1, 0.15) is 0 Å². The Balaban J connectivity index is 1.71. The summed E-state index contributed by atoms with van der Waals surface area (Å²) in [6, 6.07) is 13.6. The molecular formula is C22H19N5O3. The molecule has 0 fully saturated rings. The number of aromatic amines is 1. The molecule has 0 aliphatic rings. The van der Waals surface area contributed by atoms with Gasteiger partial charge in [-0.15, -0.1) is 5.10 Å². The second kappa shape index (κ2) is 7.07. The average molecular weight is 401 g/mol. The molecule has 3 heterocycles. The number of nitrogens with zero attached hydrogens (tertiary/aromatic N) is 4. The molecule has 0 unspecified atom stereocenters. The van der Waals surface area contributed by atoms with E-state index >= 15 is 0 Å². The van der Waals surface area contributed by atoms with Gasteiger partial charge in [-0.25, -0.2) is 9.97 Å². The van der Waals surface area contributed by atoms with Gasteiger partial charge >= 0.3 is 0 Å². The SMILES string of the molecule is COc1cc(-c2nccc3nc(-c4cccc5[nH]ccc45)nn23)cc(OC)c1OC. The number of aromatic nitrogens is 5. The van der Waals surface area contributed by atoms with Crippen molar-refractivity contribution < 1.29 is 14.2 Å². The first-order chi connectivity index (χ1) is 14.7. The normalized spacial score (nSPS) is 11.2. The molecule has 150 valence electrons. The van der Waals surface area contributed by atoms with Crippen molar-refractivity contribution in [3.05, 3.63) is 54.9 Å². The Hall–Kier alpha value is -4.07. The maximum Gasteiger partial charge on any atom is 0.203 e. The second-order valence-electron chi connectivity index (χ2n) is 6.63. The number of nitrogens with one attached hydrogen (secondary N) is 1. The van der Waals surface area contributed by atoms with Crippen molar-refractivity contribution in [3.63, 3.8) is 0 Å². The smallest absolute Gasteiger partial charge is 0.203 e. The number of hydrogen-bond donors (Lipinski definition) is 1. The molecule has 0 spiro atoms. The van der Waals surface area contributed by atoms with Gasteiger partial charge in [0.05, 0.1) is 21.3 Å². The van der Waals surface area contributed by atoms with E-state index in [-0.39, 0.29) is 0 Å². The van der Waals surface area contributed by atoms with E-state index in [0.29, 0.717) is 34.5 Å². The van der Waals surface area contributed by atoms with Crippen molar-refractivity contribution in [2.24, 2.45) is 0 Å². The fraction of sp³-hybridized carbons (Fsp3) is 0.136. The highest BCUT2D eigenvalue weighted by atomic mass is 16.5. The fourth-order valence-electron chi connectivity index (χ4n) is 3.62. The van der Waals surface area contributed by atoms with Crippen LogP contribution in [0.15, 0.2) is 54.9 Å². The number of H-pyrrole nitrogens is 1. The highest BCUT2D eigenvalue weighted by Crippen LogP contribution is 2.40. The predicted molar refractivity (Wildman–Crippen MR) is 113 cm³/mol.